The molecule has 0 radical (unpaired) electrons. The quantitative estimate of drug-likeness (QED) is 0.627. The Bertz CT molecular complexity index is 176. The minimum atomic E-state index is -0.217. The highest BCUT2D eigenvalue weighted by Gasteiger charge is 2.26. The first kappa shape index (κ1) is 12.4. The predicted octanol–water partition coefficient (Wildman–Crippen LogP) is 1.67. The van der Waals surface area contributed by atoms with Gasteiger partial charge in [-0.05, 0) is 34.7 Å². The van der Waals surface area contributed by atoms with Crippen LogP contribution in [0.1, 0.15) is 34.6 Å². The van der Waals surface area contributed by atoms with E-state index in [-0.39, 0.29) is 11.5 Å². The minimum absolute atomic E-state index is 0.0974. The zero-order chi connectivity index (χ0) is 10.6. The lowest BCUT2D eigenvalue weighted by Gasteiger charge is -2.37. The standard InChI is InChI=1S/C10H21NO2/c1-8(2)11(6)10(4,5)7-13-9(3)12/h8H,7H2,1-6H3. The summed E-state index contributed by atoms with van der Waals surface area (Å²) in [5, 5.41) is 0. The summed E-state index contributed by atoms with van der Waals surface area (Å²) in [6.45, 7) is 10.2. The van der Waals surface area contributed by atoms with Crippen LogP contribution in [0, 0.1) is 0 Å². The van der Waals surface area contributed by atoms with Crippen molar-refractivity contribution in [2.45, 2.75) is 46.2 Å². The van der Waals surface area contributed by atoms with Crippen LogP contribution < -0.4 is 0 Å². The number of rotatable bonds is 4. The molecule has 0 N–H and O–H groups in total. The zero-order valence-corrected chi connectivity index (χ0v) is 9.55. The first-order chi connectivity index (χ1) is 5.77. The molecule has 0 aromatic carbocycles. The fourth-order valence-electron chi connectivity index (χ4n) is 1.08. The summed E-state index contributed by atoms with van der Waals surface area (Å²) in [6, 6.07) is 0.450. The van der Waals surface area contributed by atoms with Gasteiger partial charge in [0.15, 0.2) is 0 Å². The SMILES string of the molecule is CC(=O)OCC(C)(C)N(C)C(C)C. The maximum Gasteiger partial charge on any atom is 0.302 e. The van der Waals surface area contributed by atoms with Crippen LogP contribution in [-0.4, -0.2) is 36.1 Å². The average molecular weight is 187 g/mol. The van der Waals surface area contributed by atoms with Crippen LogP contribution in [-0.2, 0) is 9.53 Å². The monoisotopic (exact) mass is 187 g/mol. The summed E-state index contributed by atoms with van der Waals surface area (Å²) < 4.78 is 5.00. The van der Waals surface area contributed by atoms with Gasteiger partial charge in [0.1, 0.15) is 6.61 Å². The van der Waals surface area contributed by atoms with E-state index in [0.717, 1.165) is 0 Å². The van der Waals surface area contributed by atoms with Crippen LogP contribution in [0.2, 0.25) is 0 Å². The lowest BCUT2D eigenvalue weighted by molar-refractivity contribution is -0.144. The molecule has 0 aromatic rings. The van der Waals surface area contributed by atoms with Crippen molar-refractivity contribution in [3.8, 4) is 0 Å². The van der Waals surface area contributed by atoms with Gasteiger partial charge in [0.2, 0.25) is 0 Å². The smallest absolute Gasteiger partial charge is 0.302 e. The molecule has 0 saturated heterocycles. The Morgan fingerprint density at radius 2 is 1.92 bits per heavy atom. The van der Waals surface area contributed by atoms with Crippen LogP contribution in [0.25, 0.3) is 0 Å². The van der Waals surface area contributed by atoms with Crippen LogP contribution in [0.3, 0.4) is 0 Å². The van der Waals surface area contributed by atoms with Gasteiger partial charge in [-0.3, -0.25) is 9.69 Å². The number of nitrogens with zero attached hydrogens (tertiary/aromatic N) is 1. The van der Waals surface area contributed by atoms with E-state index < -0.39 is 0 Å². The van der Waals surface area contributed by atoms with Gasteiger partial charge in [0, 0.05) is 18.5 Å². The lowest BCUT2D eigenvalue weighted by atomic mass is 10.0. The molecule has 0 rings (SSSR count). The predicted molar refractivity (Wildman–Crippen MR) is 53.6 cm³/mol. The van der Waals surface area contributed by atoms with Crippen molar-refractivity contribution in [1.82, 2.24) is 4.90 Å². The molecule has 78 valence electrons. The third kappa shape index (κ3) is 4.27. The molecule has 0 aliphatic rings. The van der Waals surface area contributed by atoms with Crippen molar-refractivity contribution >= 4 is 5.97 Å². The Morgan fingerprint density at radius 3 is 2.23 bits per heavy atom. The first-order valence-corrected chi connectivity index (χ1v) is 4.63. The van der Waals surface area contributed by atoms with Gasteiger partial charge in [0.05, 0.1) is 0 Å². The Hall–Kier alpha value is -0.570. The molecule has 3 nitrogen and oxygen atoms in total. The highest BCUT2D eigenvalue weighted by Crippen LogP contribution is 2.15. The van der Waals surface area contributed by atoms with Gasteiger partial charge in [0.25, 0.3) is 0 Å². The van der Waals surface area contributed by atoms with Gasteiger partial charge in [-0.1, -0.05) is 0 Å². The van der Waals surface area contributed by atoms with E-state index in [0.29, 0.717) is 12.6 Å². The second-order valence-corrected chi connectivity index (χ2v) is 4.30. The molecular weight excluding hydrogens is 166 g/mol. The Balaban J connectivity index is 4.13. The second-order valence-electron chi connectivity index (χ2n) is 4.30. The lowest BCUT2D eigenvalue weighted by Crippen LogP contribution is -2.48. The number of likely N-dealkylation sites (N-methyl/N-ethyl adjacent to an activating group) is 1. The van der Waals surface area contributed by atoms with E-state index in [4.69, 9.17) is 4.74 Å². The number of ether oxygens (including phenoxy) is 1. The summed E-state index contributed by atoms with van der Waals surface area (Å²) in [4.78, 5) is 12.8. The van der Waals surface area contributed by atoms with E-state index in [1.54, 1.807) is 0 Å². The molecule has 0 amide bonds. The fraction of sp³-hybridized carbons (Fsp3) is 0.900. The molecule has 13 heavy (non-hydrogen) atoms. The van der Waals surface area contributed by atoms with Crippen molar-refractivity contribution in [2.75, 3.05) is 13.7 Å². The van der Waals surface area contributed by atoms with Crippen LogP contribution in [0.4, 0.5) is 0 Å². The van der Waals surface area contributed by atoms with Gasteiger partial charge < -0.3 is 4.74 Å². The van der Waals surface area contributed by atoms with Crippen molar-refractivity contribution < 1.29 is 9.53 Å². The molecular formula is C10H21NO2. The molecule has 0 spiro atoms. The summed E-state index contributed by atoms with van der Waals surface area (Å²) >= 11 is 0. The minimum Gasteiger partial charge on any atom is -0.464 e. The maximum absolute atomic E-state index is 10.6. The molecule has 0 aliphatic carbocycles. The molecule has 0 aliphatic heterocycles. The Morgan fingerprint density at radius 1 is 1.46 bits per heavy atom. The maximum atomic E-state index is 10.6. The van der Waals surface area contributed by atoms with E-state index in [2.05, 4.69) is 32.6 Å². The fourth-order valence-corrected chi connectivity index (χ4v) is 1.08. The number of carbonyl (C=O) groups excluding carboxylic acids is 1. The number of hydrogen-bond acceptors (Lipinski definition) is 3. The van der Waals surface area contributed by atoms with Crippen molar-refractivity contribution in [2.24, 2.45) is 0 Å². The highest BCUT2D eigenvalue weighted by atomic mass is 16.5. The molecule has 0 heterocycles. The van der Waals surface area contributed by atoms with E-state index in [9.17, 15) is 4.79 Å². The van der Waals surface area contributed by atoms with Gasteiger partial charge in [-0.25, -0.2) is 0 Å². The van der Waals surface area contributed by atoms with Gasteiger partial charge in [-0.15, -0.1) is 0 Å². The molecule has 0 atom stereocenters. The zero-order valence-electron chi connectivity index (χ0n) is 9.55. The van der Waals surface area contributed by atoms with Crippen molar-refractivity contribution in [3.05, 3.63) is 0 Å². The molecule has 0 bridgehead atoms. The summed E-state index contributed by atoms with van der Waals surface area (Å²) in [6.07, 6.45) is 0. The van der Waals surface area contributed by atoms with Crippen LogP contribution >= 0.6 is 0 Å². The van der Waals surface area contributed by atoms with Gasteiger partial charge in [-0.2, -0.15) is 0 Å². The van der Waals surface area contributed by atoms with Gasteiger partial charge >= 0.3 is 5.97 Å². The van der Waals surface area contributed by atoms with Crippen molar-refractivity contribution in [3.63, 3.8) is 0 Å². The van der Waals surface area contributed by atoms with Crippen LogP contribution in [0.5, 0.6) is 0 Å². The molecule has 0 unspecified atom stereocenters. The first-order valence-electron chi connectivity index (χ1n) is 4.63. The van der Waals surface area contributed by atoms with E-state index in [1.807, 2.05) is 7.05 Å². The third-order valence-electron chi connectivity index (χ3n) is 2.36. The van der Waals surface area contributed by atoms with E-state index >= 15 is 0 Å². The third-order valence-corrected chi connectivity index (χ3v) is 2.36. The molecule has 3 heteroatoms. The Labute approximate surface area is 81.1 Å². The molecule has 0 aromatic heterocycles. The Kier molecular flexibility index (Phi) is 4.40. The molecule has 0 fully saturated rings. The van der Waals surface area contributed by atoms with Crippen molar-refractivity contribution in [1.29, 1.82) is 0 Å². The summed E-state index contributed by atoms with van der Waals surface area (Å²) in [7, 11) is 2.04. The average Bonchev–Trinajstić information content (AvgIpc) is 1.99. The summed E-state index contributed by atoms with van der Waals surface area (Å²) in [5.74, 6) is -0.217. The second kappa shape index (κ2) is 4.61. The topological polar surface area (TPSA) is 29.5 Å². The highest BCUT2D eigenvalue weighted by molar-refractivity contribution is 5.65. The number of carbonyl (C=O) groups is 1. The normalized spacial score (nSPS) is 12.3. The number of hydrogen-bond donors (Lipinski definition) is 0. The summed E-state index contributed by atoms with van der Waals surface area (Å²) in [5.41, 5.74) is -0.0974. The largest absolute Gasteiger partial charge is 0.464 e. The van der Waals surface area contributed by atoms with Crippen LogP contribution in [0.15, 0.2) is 0 Å². The van der Waals surface area contributed by atoms with E-state index in [1.165, 1.54) is 6.92 Å². The number of esters is 1. The molecule has 0 saturated carbocycles.